The van der Waals surface area contributed by atoms with Gasteiger partial charge in [-0.05, 0) is 240 Å². The summed E-state index contributed by atoms with van der Waals surface area (Å²) in [7, 11) is 0. The smallest absolute Gasteiger partial charge is 0.0540 e. The standard InChI is InChI=1S/C107H94N2/c1-104(2,3)84-62-82(63-85(68-84)105(4,5)6)90-44-27-25-42-88(90)74-52-54-98-94(66-74)102-95-67-75(89-43-26-28-45-91(89)83-64-86(106(7,8)9)69-87(65-83)107(10,11)12)53-55-99(95)109(97-49-32-30-47-93(97)81-60-78(72-38-21-15-22-39-72)57-79(61-81)73-40-23-16-24-41-73)101-51-33-50-100(103(101)102)108(98)96-48-31-29-46-92(96)80-58-76(70-34-17-13-18-35-70)56-77(59-80)71-36-19-14-20-37-71/h13-69,102H,1-12H3. The lowest BCUT2D eigenvalue weighted by Gasteiger charge is -2.46. The minimum atomic E-state index is -0.243. The van der Waals surface area contributed by atoms with Crippen LogP contribution in [0, 0.1) is 0 Å². The molecule has 2 aliphatic heterocycles. The molecule has 0 aliphatic carbocycles. The Morgan fingerprint density at radius 3 is 0.725 bits per heavy atom. The number of nitrogens with zero attached hydrogens (tertiary/aromatic N) is 2. The molecule has 0 fully saturated rings. The summed E-state index contributed by atoms with van der Waals surface area (Å²) in [5.41, 5.74) is 39.0. The highest BCUT2D eigenvalue weighted by atomic mass is 15.2. The maximum Gasteiger partial charge on any atom is 0.0540 e. The maximum atomic E-state index is 2.62. The van der Waals surface area contributed by atoms with Crippen molar-refractivity contribution in [2.75, 3.05) is 9.80 Å². The van der Waals surface area contributed by atoms with Crippen LogP contribution in [0.2, 0.25) is 0 Å². The molecular weight excluding hydrogens is 1310 g/mol. The van der Waals surface area contributed by atoms with Gasteiger partial charge in [-0.15, -0.1) is 0 Å². The van der Waals surface area contributed by atoms with E-state index >= 15 is 0 Å². The van der Waals surface area contributed by atoms with Crippen LogP contribution in [-0.4, -0.2) is 0 Å². The third kappa shape index (κ3) is 13.3. The molecule has 2 aliphatic rings. The monoisotopic (exact) mass is 1410 g/mol. The van der Waals surface area contributed by atoms with E-state index in [2.05, 4.69) is 439 Å². The average Bonchev–Trinajstić information content (AvgIpc) is 0.693. The zero-order valence-corrected chi connectivity index (χ0v) is 64.9. The van der Waals surface area contributed by atoms with Crippen molar-refractivity contribution in [3.05, 3.63) is 385 Å². The molecule has 0 aromatic heterocycles. The SMILES string of the molecule is CC(C)(C)c1cc(-c2ccccc2-c2ccc3c(c2)C2c4cc(-c5ccccc5-c5cc(C(C)(C)C)cc(C(C)(C)C)c5)ccc4N(c4ccccc4-c4cc(-c5ccccc5)cc(-c5ccccc5)c4)c4cccc(c42)N3c2ccccc2-c2cc(-c3ccccc3)cc(-c3ccccc3)c2)cc(C(C)(C)C)c1. The summed E-state index contributed by atoms with van der Waals surface area (Å²) < 4.78 is 0. The second-order valence-corrected chi connectivity index (χ2v) is 34.1. The highest BCUT2D eigenvalue weighted by molar-refractivity contribution is 6.03. The molecule has 0 radical (unpaired) electrons. The zero-order chi connectivity index (χ0) is 75.1. The van der Waals surface area contributed by atoms with Crippen LogP contribution in [0.3, 0.4) is 0 Å². The summed E-state index contributed by atoms with van der Waals surface area (Å²) in [6.45, 7) is 28.1. The molecule has 0 saturated carbocycles. The summed E-state index contributed by atoms with van der Waals surface area (Å²) in [4.78, 5) is 5.24. The minimum absolute atomic E-state index is 0.0706. The van der Waals surface area contributed by atoms with Gasteiger partial charge in [0.05, 0.1) is 34.1 Å². The third-order valence-corrected chi connectivity index (χ3v) is 22.6. The van der Waals surface area contributed by atoms with Gasteiger partial charge in [-0.25, -0.2) is 0 Å². The van der Waals surface area contributed by atoms with Gasteiger partial charge in [0.15, 0.2) is 0 Å². The van der Waals surface area contributed by atoms with Crippen LogP contribution in [0.5, 0.6) is 0 Å². The molecule has 2 nitrogen and oxygen atoms in total. The molecule has 0 N–H and O–H groups in total. The molecule has 0 amide bonds. The Labute approximate surface area is 646 Å². The van der Waals surface area contributed by atoms with Crippen LogP contribution in [0.4, 0.5) is 34.1 Å². The molecule has 0 spiro atoms. The molecule has 15 aromatic carbocycles. The van der Waals surface area contributed by atoms with Crippen molar-refractivity contribution in [2.24, 2.45) is 0 Å². The fourth-order valence-corrected chi connectivity index (χ4v) is 16.6. The maximum absolute atomic E-state index is 2.62. The Balaban J connectivity index is 0.958. The molecule has 109 heavy (non-hydrogen) atoms. The Kier molecular flexibility index (Phi) is 17.7. The molecule has 2 heterocycles. The first kappa shape index (κ1) is 69.9. The first-order chi connectivity index (χ1) is 52.6. The summed E-state index contributed by atoms with van der Waals surface area (Å²) >= 11 is 0. The summed E-state index contributed by atoms with van der Waals surface area (Å²) in [5, 5.41) is 0. The van der Waals surface area contributed by atoms with Crippen molar-refractivity contribution in [1.82, 2.24) is 0 Å². The quantitative estimate of drug-likeness (QED) is 0.120. The average molecular weight is 1410 g/mol. The van der Waals surface area contributed by atoms with Gasteiger partial charge >= 0.3 is 0 Å². The summed E-state index contributed by atoms with van der Waals surface area (Å²) in [6.07, 6.45) is 0. The fraction of sp³-hybridized carbons (Fsp3) is 0.159. The number of benzene rings is 15. The van der Waals surface area contributed by atoms with Crippen molar-refractivity contribution >= 4 is 34.1 Å². The Hall–Kier alpha value is -12.1. The van der Waals surface area contributed by atoms with Gasteiger partial charge in [-0.1, -0.05) is 344 Å². The van der Waals surface area contributed by atoms with Crippen molar-refractivity contribution in [3.63, 3.8) is 0 Å². The fourth-order valence-electron chi connectivity index (χ4n) is 16.6. The Bertz CT molecular complexity index is 5410. The molecule has 15 aromatic rings. The predicted octanol–water partition coefficient (Wildman–Crippen LogP) is 30.3. The normalized spacial score (nSPS) is 12.9. The number of para-hydroxylation sites is 2. The van der Waals surface area contributed by atoms with E-state index in [0.29, 0.717) is 0 Å². The molecule has 17 rings (SSSR count). The minimum Gasteiger partial charge on any atom is -0.309 e. The van der Waals surface area contributed by atoms with Crippen molar-refractivity contribution in [1.29, 1.82) is 0 Å². The van der Waals surface area contributed by atoms with Crippen LogP contribution in [0.15, 0.2) is 346 Å². The van der Waals surface area contributed by atoms with E-state index in [0.717, 1.165) is 56.4 Å². The molecule has 0 atom stereocenters. The number of hydrogen-bond donors (Lipinski definition) is 0. The van der Waals surface area contributed by atoms with Gasteiger partial charge in [-0.2, -0.15) is 0 Å². The van der Waals surface area contributed by atoms with Gasteiger partial charge in [0, 0.05) is 22.6 Å². The molecule has 532 valence electrons. The van der Waals surface area contributed by atoms with Crippen LogP contribution < -0.4 is 9.80 Å². The van der Waals surface area contributed by atoms with Gasteiger partial charge in [0.2, 0.25) is 0 Å². The van der Waals surface area contributed by atoms with Crippen LogP contribution >= 0.6 is 0 Å². The third-order valence-electron chi connectivity index (χ3n) is 22.6. The van der Waals surface area contributed by atoms with E-state index < -0.39 is 0 Å². The first-order valence-corrected chi connectivity index (χ1v) is 38.8. The largest absolute Gasteiger partial charge is 0.309 e. The van der Waals surface area contributed by atoms with Crippen LogP contribution in [0.1, 0.15) is 128 Å². The Morgan fingerprint density at radius 2 is 0.422 bits per heavy atom. The number of hydrogen-bond acceptors (Lipinski definition) is 2. The molecule has 0 saturated heterocycles. The lowest BCUT2D eigenvalue weighted by Crippen LogP contribution is -2.29. The highest BCUT2D eigenvalue weighted by Gasteiger charge is 2.43. The summed E-state index contributed by atoms with van der Waals surface area (Å²) in [5.74, 6) is -0.243. The van der Waals surface area contributed by atoms with E-state index in [1.165, 1.54) is 128 Å². The number of rotatable bonds is 12. The first-order valence-electron chi connectivity index (χ1n) is 38.8. The lowest BCUT2D eigenvalue weighted by molar-refractivity contribution is 0.568. The van der Waals surface area contributed by atoms with E-state index in [1.807, 2.05) is 0 Å². The van der Waals surface area contributed by atoms with Gasteiger partial charge < -0.3 is 9.80 Å². The molecular formula is C107H94N2. The van der Waals surface area contributed by atoms with Gasteiger partial charge in [0.25, 0.3) is 0 Å². The van der Waals surface area contributed by atoms with Gasteiger partial charge in [-0.3, -0.25) is 0 Å². The van der Waals surface area contributed by atoms with Crippen molar-refractivity contribution < 1.29 is 0 Å². The second-order valence-electron chi connectivity index (χ2n) is 34.1. The van der Waals surface area contributed by atoms with E-state index in [-0.39, 0.29) is 27.6 Å². The predicted molar refractivity (Wildman–Crippen MR) is 466 cm³/mol. The van der Waals surface area contributed by atoms with E-state index in [9.17, 15) is 0 Å². The summed E-state index contributed by atoms with van der Waals surface area (Å²) in [6, 6.07) is 131. The van der Waals surface area contributed by atoms with Gasteiger partial charge in [0.1, 0.15) is 0 Å². The van der Waals surface area contributed by atoms with Crippen molar-refractivity contribution in [3.8, 4) is 111 Å². The highest BCUT2D eigenvalue weighted by Crippen LogP contribution is 2.63. The Morgan fingerprint density at radius 1 is 0.174 bits per heavy atom. The van der Waals surface area contributed by atoms with Crippen LogP contribution in [0.25, 0.3) is 111 Å². The zero-order valence-electron chi connectivity index (χ0n) is 64.9. The topological polar surface area (TPSA) is 6.48 Å². The number of fused-ring (bicyclic) bond motifs is 4. The molecule has 2 heteroatoms. The molecule has 0 bridgehead atoms. The van der Waals surface area contributed by atoms with Crippen LogP contribution in [-0.2, 0) is 21.7 Å². The molecule has 0 unspecified atom stereocenters. The van der Waals surface area contributed by atoms with E-state index in [4.69, 9.17) is 0 Å². The van der Waals surface area contributed by atoms with E-state index in [1.54, 1.807) is 0 Å². The van der Waals surface area contributed by atoms with Crippen molar-refractivity contribution in [2.45, 2.75) is 111 Å². The second kappa shape index (κ2) is 27.6. The lowest BCUT2D eigenvalue weighted by atomic mass is 9.74. The number of anilines is 6.